The van der Waals surface area contributed by atoms with Gasteiger partial charge in [-0.2, -0.15) is 0 Å². The van der Waals surface area contributed by atoms with Gasteiger partial charge in [-0.05, 0) is 18.2 Å². The van der Waals surface area contributed by atoms with Gasteiger partial charge in [0.05, 0.1) is 12.3 Å². The van der Waals surface area contributed by atoms with Crippen LogP contribution in [0.25, 0.3) is 0 Å². The first kappa shape index (κ1) is 15.7. The molecule has 1 aliphatic heterocycles. The van der Waals surface area contributed by atoms with E-state index in [4.69, 9.17) is 16.7 Å². The van der Waals surface area contributed by atoms with Gasteiger partial charge < -0.3 is 15.7 Å². The summed E-state index contributed by atoms with van der Waals surface area (Å²) in [5, 5.41) is 14.4. The molecule has 2 amide bonds. The number of thioether (sulfide) groups is 1. The third-order valence-electron chi connectivity index (χ3n) is 2.69. The Morgan fingerprint density at radius 1 is 1.57 bits per heavy atom. The molecule has 2 rings (SSSR count). The number of nitrogens with one attached hydrogen (secondary N) is 2. The average Bonchev–Trinajstić information content (AvgIpc) is 2.88. The van der Waals surface area contributed by atoms with Gasteiger partial charge in [-0.25, -0.2) is 0 Å². The number of aliphatic hydroxyl groups excluding tert-OH is 1. The van der Waals surface area contributed by atoms with E-state index >= 15 is 0 Å². The van der Waals surface area contributed by atoms with Crippen molar-refractivity contribution in [2.24, 2.45) is 0 Å². The monoisotopic (exact) mass is 324 g/mol. The van der Waals surface area contributed by atoms with E-state index < -0.39 is 6.04 Å². The molecule has 110 valence electrons. The molecule has 0 aliphatic carbocycles. The van der Waals surface area contributed by atoms with Crippen LogP contribution in [0.3, 0.4) is 0 Å². The maximum Gasteiger partial charge on any atom is 0.279 e. The highest BCUT2D eigenvalue weighted by Gasteiger charge is 2.28. The fraction of sp³-hybridized carbons (Fsp3) is 0.286. The van der Waals surface area contributed by atoms with Crippen molar-refractivity contribution in [3.63, 3.8) is 0 Å². The molecular weight excluding hydrogens is 312 g/mol. The molecule has 1 aromatic rings. The number of hydrogen-bond donors (Lipinski definition) is 3. The van der Waals surface area contributed by atoms with E-state index in [-0.39, 0.29) is 17.8 Å². The van der Waals surface area contributed by atoms with E-state index in [9.17, 15) is 9.59 Å². The molecule has 1 saturated heterocycles. The molecule has 1 unspecified atom stereocenters. The van der Waals surface area contributed by atoms with Crippen molar-refractivity contribution in [3.8, 4) is 11.8 Å². The molecule has 3 N–H and O–H groups in total. The summed E-state index contributed by atoms with van der Waals surface area (Å²) in [5.74, 6) is 5.76. The smallest absolute Gasteiger partial charge is 0.279 e. The molecule has 5 nitrogen and oxygen atoms in total. The van der Waals surface area contributed by atoms with Gasteiger partial charge in [-0.3, -0.25) is 9.59 Å². The van der Waals surface area contributed by atoms with Crippen molar-refractivity contribution in [1.29, 1.82) is 0 Å². The summed E-state index contributed by atoms with van der Waals surface area (Å²) in [6.45, 7) is -0.0272. The largest absolute Gasteiger partial charge is 0.395 e. The van der Waals surface area contributed by atoms with Crippen molar-refractivity contribution < 1.29 is 14.7 Å². The third kappa shape index (κ3) is 4.39. The predicted octanol–water partition coefficient (Wildman–Crippen LogP) is 1.84. The lowest BCUT2D eigenvalue weighted by Gasteiger charge is -2.12. The van der Waals surface area contributed by atoms with Crippen LogP contribution in [-0.2, 0) is 4.79 Å². The van der Waals surface area contributed by atoms with Crippen LogP contribution in [0.1, 0.15) is 12.0 Å². The molecule has 0 bridgehead atoms. The lowest BCUT2D eigenvalue weighted by molar-refractivity contribution is -0.117. The molecule has 0 saturated carbocycles. The summed E-state index contributed by atoms with van der Waals surface area (Å²) in [5.41, 5.74) is 1.10. The first-order valence-electron chi connectivity index (χ1n) is 6.23. The van der Waals surface area contributed by atoms with E-state index in [0.717, 1.165) is 11.8 Å². The van der Waals surface area contributed by atoms with Crippen molar-refractivity contribution in [3.05, 3.63) is 28.8 Å². The van der Waals surface area contributed by atoms with Gasteiger partial charge in [-0.15, -0.1) is 0 Å². The van der Waals surface area contributed by atoms with Crippen LogP contribution in [0.2, 0.25) is 5.02 Å². The fourth-order valence-corrected chi connectivity index (χ4v) is 2.64. The molecule has 21 heavy (non-hydrogen) atoms. The number of benzene rings is 1. The summed E-state index contributed by atoms with van der Waals surface area (Å²) in [6, 6.07) is 4.41. The zero-order chi connectivity index (χ0) is 15.2. The highest BCUT2D eigenvalue weighted by Crippen LogP contribution is 2.21. The normalized spacial score (nSPS) is 16.9. The number of amides is 2. The maximum absolute atomic E-state index is 12.1. The Morgan fingerprint density at radius 3 is 3.05 bits per heavy atom. The number of anilines is 1. The van der Waals surface area contributed by atoms with Crippen molar-refractivity contribution in [2.75, 3.05) is 17.7 Å². The Kier molecular flexibility index (Phi) is 5.51. The van der Waals surface area contributed by atoms with Crippen molar-refractivity contribution in [2.45, 2.75) is 12.5 Å². The zero-order valence-electron chi connectivity index (χ0n) is 11.0. The third-order valence-corrected chi connectivity index (χ3v) is 3.80. The summed E-state index contributed by atoms with van der Waals surface area (Å²) in [7, 11) is 0. The van der Waals surface area contributed by atoms with Crippen LogP contribution >= 0.6 is 23.4 Å². The van der Waals surface area contributed by atoms with Crippen LogP contribution < -0.4 is 10.6 Å². The van der Waals surface area contributed by atoms with Crippen LogP contribution in [0.4, 0.5) is 10.5 Å². The standard InChI is InChI=1S/C14H13ClN2O3S/c15-10-4-5-11(9(7-10)3-1-2-6-18)16-13(19)12-8-21-14(20)17-12/h4-5,7,12,18H,2,6,8H2,(H,16,19)(H,17,20). The summed E-state index contributed by atoms with van der Waals surface area (Å²) in [4.78, 5) is 23.2. The minimum Gasteiger partial charge on any atom is -0.395 e. The van der Waals surface area contributed by atoms with Crippen molar-refractivity contribution in [1.82, 2.24) is 5.32 Å². The van der Waals surface area contributed by atoms with Crippen LogP contribution in [0.5, 0.6) is 0 Å². The number of aliphatic hydroxyl groups is 1. The molecule has 1 fully saturated rings. The van der Waals surface area contributed by atoms with Gasteiger partial charge >= 0.3 is 0 Å². The van der Waals surface area contributed by atoms with Gasteiger partial charge in [0.15, 0.2) is 0 Å². The number of carbonyl (C=O) groups is 2. The minimum absolute atomic E-state index is 0.0272. The van der Waals surface area contributed by atoms with Crippen LogP contribution in [0.15, 0.2) is 18.2 Å². The Morgan fingerprint density at radius 2 is 2.38 bits per heavy atom. The lowest BCUT2D eigenvalue weighted by Crippen LogP contribution is -2.38. The topological polar surface area (TPSA) is 78.4 Å². The summed E-state index contributed by atoms with van der Waals surface area (Å²) >= 11 is 7.00. The van der Waals surface area contributed by atoms with Gasteiger partial charge in [0.25, 0.3) is 5.24 Å². The van der Waals surface area contributed by atoms with E-state index in [1.165, 1.54) is 0 Å². The molecule has 1 atom stereocenters. The van der Waals surface area contributed by atoms with E-state index in [1.54, 1.807) is 18.2 Å². The molecule has 7 heteroatoms. The van der Waals surface area contributed by atoms with Crippen LogP contribution in [0, 0.1) is 11.8 Å². The Balaban J connectivity index is 2.14. The Labute approximate surface area is 131 Å². The van der Waals surface area contributed by atoms with Crippen molar-refractivity contribution >= 4 is 40.2 Å². The first-order chi connectivity index (χ1) is 10.1. The summed E-state index contributed by atoms with van der Waals surface area (Å²) in [6.07, 6.45) is 0.342. The zero-order valence-corrected chi connectivity index (χ0v) is 12.6. The van der Waals surface area contributed by atoms with Crippen LogP contribution in [-0.4, -0.2) is 34.7 Å². The Bertz CT molecular complexity index is 624. The number of rotatable bonds is 3. The van der Waals surface area contributed by atoms with E-state index in [2.05, 4.69) is 22.5 Å². The predicted molar refractivity (Wildman–Crippen MR) is 83.4 cm³/mol. The second kappa shape index (κ2) is 7.36. The minimum atomic E-state index is -0.545. The lowest BCUT2D eigenvalue weighted by atomic mass is 10.1. The van der Waals surface area contributed by atoms with E-state index in [0.29, 0.717) is 28.4 Å². The van der Waals surface area contributed by atoms with E-state index in [1.807, 2.05) is 0 Å². The van der Waals surface area contributed by atoms with Gasteiger partial charge in [0.2, 0.25) is 5.91 Å². The Hall–Kier alpha value is -1.68. The number of hydrogen-bond acceptors (Lipinski definition) is 4. The van der Waals surface area contributed by atoms with Gasteiger partial charge in [0.1, 0.15) is 6.04 Å². The molecule has 0 aromatic heterocycles. The van der Waals surface area contributed by atoms with Gasteiger partial charge in [0, 0.05) is 22.8 Å². The molecule has 0 spiro atoms. The summed E-state index contributed by atoms with van der Waals surface area (Å²) < 4.78 is 0. The second-order valence-corrected chi connectivity index (χ2v) is 5.68. The molecular formula is C14H13ClN2O3S. The molecule has 0 radical (unpaired) electrons. The maximum atomic E-state index is 12.1. The molecule has 1 heterocycles. The van der Waals surface area contributed by atoms with Gasteiger partial charge in [-0.1, -0.05) is 35.2 Å². The average molecular weight is 325 g/mol. The number of carbonyl (C=O) groups excluding carboxylic acids is 2. The number of halogens is 1. The quantitative estimate of drug-likeness (QED) is 0.741. The SMILES string of the molecule is O=C1NC(C(=O)Nc2ccc(Cl)cc2C#CCCO)CS1. The molecule has 1 aromatic carbocycles. The highest BCUT2D eigenvalue weighted by molar-refractivity contribution is 8.14. The first-order valence-corrected chi connectivity index (χ1v) is 7.60. The second-order valence-electron chi connectivity index (χ2n) is 4.25. The fourth-order valence-electron chi connectivity index (χ4n) is 1.69. The highest BCUT2D eigenvalue weighted by atomic mass is 35.5. The molecule has 1 aliphatic rings.